The summed E-state index contributed by atoms with van der Waals surface area (Å²) in [5, 5.41) is 13.9. The zero-order valence-electron chi connectivity index (χ0n) is 14.8. The molecule has 2 aromatic heterocycles. The third kappa shape index (κ3) is 3.62. The van der Waals surface area contributed by atoms with Gasteiger partial charge in [0.2, 0.25) is 0 Å². The third-order valence-electron chi connectivity index (χ3n) is 4.41. The monoisotopic (exact) mass is 557 g/mol. The van der Waals surface area contributed by atoms with Crippen LogP contribution in [-0.4, -0.2) is 14.8 Å². The first-order chi connectivity index (χ1) is 13.1. The zero-order chi connectivity index (χ0) is 19.0. The molecule has 0 saturated heterocycles. The number of hydrogen-bond donors (Lipinski definition) is 0. The third-order valence-corrected chi connectivity index (χ3v) is 4.41. The van der Waals surface area contributed by atoms with Crippen LogP contribution in [0.2, 0.25) is 0 Å². The van der Waals surface area contributed by atoms with Gasteiger partial charge in [-0.05, 0) is 40.7 Å². The number of fused-ring (bicyclic) bond motifs is 5. The minimum atomic E-state index is -0.368. The minimum Gasteiger partial charge on any atom is -0.489 e. The van der Waals surface area contributed by atoms with Gasteiger partial charge in [-0.25, -0.2) is 4.39 Å². The van der Waals surface area contributed by atoms with Gasteiger partial charge in [-0.1, -0.05) is 12.3 Å². The largest absolute Gasteiger partial charge is 0.489 e. The molecule has 28 heavy (non-hydrogen) atoms. The Morgan fingerprint density at radius 1 is 1.21 bits per heavy atom. The Morgan fingerprint density at radius 3 is 2.82 bits per heavy atom. The molecule has 3 heterocycles. The normalized spacial score (nSPS) is 12.9. The second kappa shape index (κ2) is 8.07. The molecule has 145 valence electrons. The standard InChI is InChI=1S/C19H15FN5O2.Ir/c1-25-16(6-21)18-12-5-17(19(22)23-7-12)27-9-13-4-14(20)3-2-11(13)8-26-10-15(18)24-25;/h2-5,7H,8-10H2,1H3,(H-,22,23);/q-1;. The number of aryl methyl sites for hydroxylation is 1. The van der Waals surface area contributed by atoms with Gasteiger partial charge in [-0.15, -0.1) is 0 Å². The number of pyridine rings is 1. The Bertz CT molecular complexity index is 1080. The molecule has 1 N–H and O–H groups in total. The van der Waals surface area contributed by atoms with Gasteiger partial charge in [0.25, 0.3) is 0 Å². The second-order valence-corrected chi connectivity index (χ2v) is 6.17. The van der Waals surface area contributed by atoms with Gasteiger partial charge in [-0.3, -0.25) is 4.68 Å². The molecule has 1 radical (unpaired) electrons. The Kier molecular flexibility index (Phi) is 5.75. The molecule has 0 amide bonds. The Balaban J connectivity index is 0.00000225. The fourth-order valence-corrected chi connectivity index (χ4v) is 3.09. The van der Waals surface area contributed by atoms with Crippen LogP contribution >= 0.6 is 0 Å². The van der Waals surface area contributed by atoms with Crippen LogP contribution in [0.4, 0.5) is 10.2 Å². The molecular weight excluding hydrogens is 541 g/mol. The van der Waals surface area contributed by atoms with Crippen molar-refractivity contribution < 1.29 is 34.0 Å². The maximum absolute atomic E-state index is 13.6. The molecule has 9 heteroatoms. The summed E-state index contributed by atoms with van der Waals surface area (Å²) in [7, 11) is 1.69. The summed E-state index contributed by atoms with van der Waals surface area (Å²) < 4.78 is 26.7. The van der Waals surface area contributed by atoms with E-state index in [1.165, 1.54) is 23.0 Å². The Hall–Kier alpha value is -2.79. The van der Waals surface area contributed by atoms with Crippen molar-refractivity contribution in [3.63, 3.8) is 0 Å². The number of nitrogens with zero attached hydrogens (tertiary/aromatic N) is 4. The van der Waals surface area contributed by atoms with Crippen LogP contribution in [0, 0.1) is 17.1 Å². The minimum absolute atomic E-state index is 0. The average molecular weight is 557 g/mol. The summed E-state index contributed by atoms with van der Waals surface area (Å²) in [6.45, 7) is 0.510. The van der Waals surface area contributed by atoms with Crippen molar-refractivity contribution in [2.24, 2.45) is 7.05 Å². The van der Waals surface area contributed by atoms with E-state index in [0.29, 0.717) is 28.1 Å². The van der Waals surface area contributed by atoms with Gasteiger partial charge in [0.15, 0.2) is 0 Å². The fourth-order valence-electron chi connectivity index (χ4n) is 3.09. The summed E-state index contributed by atoms with van der Waals surface area (Å²) in [5.41, 5.74) is 11.6. The number of halogens is 1. The first-order valence-corrected chi connectivity index (χ1v) is 8.22. The molecule has 0 saturated carbocycles. The van der Waals surface area contributed by atoms with E-state index in [2.05, 4.69) is 16.2 Å². The maximum Gasteiger partial charge on any atom is 0.146 e. The van der Waals surface area contributed by atoms with Crippen molar-refractivity contribution in [3.8, 4) is 22.9 Å². The van der Waals surface area contributed by atoms with E-state index in [4.69, 9.17) is 15.2 Å². The van der Waals surface area contributed by atoms with E-state index in [0.717, 1.165) is 5.56 Å². The molecule has 0 fully saturated rings. The van der Waals surface area contributed by atoms with Crippen LogP contribution in [0.3, 0.4) is 0 Å². The topological polar surface area (TPSA) is 96.8 Å². The van der Waals surface area contributed by atoms with Crippen molar-refractivity contribution in [2.75, 3.05) is 0 Å². The van der Waals surface area contributed by atoms with Crippen LogP contribution in [0.25, 0.3) is 16.9 Å². The number of rotatable bonds is 0. The molecule has 3 aromatic rings. The molecule has 4 rings (SSSR count). The predicted molar refractivity (Wildman–Crippen MR) is 94.4 cm³/mol. The van der Waals surface area contributed by atoms with Crippen molar-refractivity contribution in [1.82, 2.24) is 14.8 Å². The number of hydrogen-bond acceptors (Lipinski definition) is 5. The summed E-state index contributed by atoms with van der Waals surface area (Å²) in [4.78, 5) is 4.07. The van der Waals surface area contributed by atoms with Gasteiger partial charge >= 0.3 is 0 Å². The molecule has 7 nitrogen and oxygen atoms in total. The molecule has 0 spiro atoms. The zero-order valence-corrected chi connectivity index (χ0v) is 17.2. The molecule has 2 bridgehead atoms. The summed E-state index contributed by atoms with van der Waals surface area (Å²) in [5.74, 6) is -0.148. The van der Waals surface area contributed by atoms with Crippen molar-refractivity contribution in [1.29, 1.82) is 5.26 Å². The summed E-state index contributed by atoms with van der Waals surface area (Å²) in [6, 6.07) is 8.21. The molecule has 1 aliphatic heterocycles. The fraction of sp³-hybridized carbons (Fsp3) is 0.211. The van der Waals surface area contributed by atoms with Crippen LogP contribution < -0.4 is 4.74 Å². The van der Waals surface area contributed by atoms with Gasteiger partial charge in [0.05, 0.1) is 18.9 Å². The first kappa shape index (κ1) is 20.0. The summed E-state index contributed by atoms with van der Waals surface area (Å²) >= 11 is 0. The molecule has 1 aliphatic rings. The van der Waals surface area contributed by atoms with Gasteiger partial charge in [0.1, 0.15) is 29.9 Å². The molecule has 1 aromatic carbocycles. The Morgan fingerprint density at radius 2 is 2.04 bits per heavy atom. The molecular formula is C19H15FIrN5O2-. The van der Waals surface area contributed by atoms with Crippen LogP contribution in [0.5, 0.6) is 5.75 Å². The SMILES string of the molecule is Cn1nc2c(c1C#N)-c1cnc([NH-])c(c1)OCc1cc(F)ccc1COC2.[Ir]. The smallest absolute Gasteiger partial charge is 0.146 e. The average Bonchev–Trinajstić information content (AvgIpc) is 2.97. The molecule has 0 aliphatic carbocycles. The van der Waals surface area contributed by atoms with E-state index in [-0.39, 0.29) is 57.3 Å². The van der Waals surface area contributed by atoms with Crippen molar-refractivity contribution in [3.05, 3.63) is 64.5 Å². The predicted octanol–water partition coefficient (Wildman–Crippen LogP) is 3.78. The van der Waals surface area contributed by atoms with Crippen LogP contribution in [0.1, 0.15) is 22.5 Å². The molecule has 0 unspecified atom stereocenters. The number of ether oxygens (including phenoxy) is 2. The van der Waals surface area contributed by atoms with Crippen molar-refractivity contribution in [2.45, 2.75) is 19.8 Å². The first-order valence-electron chi connectivity index (χ1n) is 8.22. The van der Waals surface area contributed by atoms with E-state index in [1.54, 1.807) is 19.2 Å². The van der Waals surface area contributed by atoms with Crippen LogP contribution in [-0.2, 0) is 51.7 Å². The summed E-state index contributed by atoms with van der Waals surface area (Å²) in [6.07, 6.45) is 1.51. The Labute approximate surface area is 174 Å². The number of aromatic nitrogens is 3. The van der Waals surface area contributed by atoms with E-state index >= 15 is 0 Å². The quantitative estimate of drug-likeness (QED) is 0.420. The number of benzene rings is 1. The molecule has 0 atom stereocenters. The van der Waals surface area contributed by atoms with Crippen LogP contribution in [0.15, 0.2) is 30.5 Å². The van der Waals surface area contributed by atoms with Crippen molar-refractivity contribution >= 4 is 5.82 Å². The maximum atomic E-state index is 13.6. The van der Waals surface area contributed by atoms with Gasteiger partial charge < -0.3 is 20.2 Å². The van der Waals surface area contributed by atoms with E-state index in [1.807, 2.05) is 0 Å². The van der Waals surface area contributed by atoms with Gasteiger partial charge in [-0.2, -0.15) is 10.4 Å². The van der Waals surface area contributed by atoms with Gasteiger partial charge in [0, 0.05) is 32.7 Å². The second-order valence-electron chi connectivity index (χ2n) is 6.17. The number of nitrogens with one attached hydrogen (secondary N) is 1. The van der Waals surface area contributed by atoms with E-state index < -0.39 is 0 Å². The van der Waals surface area contributed by atoms with E-state index in [9.17, 15) is 9.65 Å². The number of nitriles is 1.